The van der Waals surface area contributed by atoms with Gasteiger partial charge in [-0.3, -0.25) is 4.79 Å². The van der Waals surface area contributed by atoms with Crippen molar-refractivity contribution in [2.24, 2.45) is 0 Å². The Bertz CT molecular complexity index is 842. The smallest absolute Gasteiger partial charge is 0.270 e. The molecule has 154 valence electrons. The average Bonchev–Trinajstić information content (AvgIpc) is 3.22. The first-order valence-electron chi connectivity index (χ1n) is 10.4. The highest BCUT2D eigenvalue weighted by Gasteiger charge is 2.40. The van der Waals surface area contributed by atoms with E-state index < -0.39 is 5.79 Å². The highest BCUT2D eigenvalue weighted by atomic mass is 16.7. The molecule has 7 nitrogen and oxygen atoms in total. The molecule has 2 fully saturated rings. The van der Waals surface area contributed by atoms with Crippen LogP contribution in [-0.4, -0.2) is 54.0 Å². The third kappa shape index (κ3) is 4.41. The van der Waals surface area contributed by atoms with E-state index in [1.807, 2.05) is 44.2 Å². The molecule has 0 bridgehead atoms. The summed E-state index contributed by atoms with van der Waals surface area (Å²) in [7, 11) is 0. The van der Waals surface area contributed by atoms with Crippen molar-refractivity contribution < 1.29 is 14.3 Å². The minimum absolute atomic E-state index is 0.0904. The summed E-state index contributed by atoms with van der Waals surface area (Å²) in [6.07, 6.45) is 2.43. The Kier molecular flexibility index (Phi) is 5.78. The first-order valence-corrected chi connectivity index (χ1v) is 10.4. The van der Waals surface area contributed by atoms with E-state index in [1.165, 1.54) is 0 Å². The Morgan fingerprint density at radius 2 is 1.86 bits per heavy atom. The molecule has 1 aromatic heterocycles. The van der Waals surface area contributed by atoms with Crippen LogP contribution < -0.4 is 10.2 Å². The molecule has 1 atom stereocenters. The molecule has 2 aliphatic heterocycles. The topological polar surface area (TPSA) is 76.6 Å². The van der Waals surface area contributed by atoms with Crippen molar-refractivity contribution in [1.29, 1.82) is 0 Å². The zero-order valence-electron chi connectivity index (χ0n) is 17.1. The Balaban J connectivity index is 1.62. The number of aromatic nitrogens is 2. The second-order valence-electron chi connectivity index (χ2n) is 7.68. The summed E-state index contributed by atoms with van der Waals surface area (Å²) in [4.78, 5) is 24.3. The van der Waals surface area contributed by atoms with E-state index in [-0.39, 0.29) is 11.9 Å². The summed E-state index contributed by atoms with van der Waals surface area (Å²) in [6.45, 7) is 6.87. The van der Waals surface area contributed by atoms with E-state index in [0.29, 0.717) is 24.7 Å². The zero-order valence-corrected chi connectivity index (χ0v) is 17.1. The number of rotatable bonds is 5. The summed E-state index contributed by atoms with van der Waals surface area (Å²) in [5.41, 5.74) is 1.28. The molecule has 1 N–H and O–H groups in total. The Labute approximate surface area is 171 Å². The molecule has 3 heterocycles. The Morgan fingerprint density at radius 1 is 1.17 bits per heavy atom. The lowest BCUT2D eigenvalue weighted by molar-refractivity contribution is -0.169. The maximum absolute atomic E-state index is 12.8. The van der Waals surface area contributed by atoms with Gasteiger partial charge >= 0.3 is 0 Å². The van der Waals surface area contributed by atoms with Crippen molar-refractivity contribution in [3.63, 3.8) is 0 Å². The van der Waals surface area contributed by atoms with Gasteiger partial charge in [0, 0.05) is 43.6 Å². The van der Waals surface area contributed by atoms with E-state index in [0.717, 1.165) is 43.7 Å². The number of hydrogen-bond acceptors (Lipinski definition) is 6. The normalized spacial score (nSPS) is 19.3. The molecule has 0 saturated carbocycles. The van der Waals surface area contributed by atoms with E-state index >= 15 is 0 Å². The molecule has 0 radical (unpaired) electrons. The zero-order chi connectivity index (χ0) is 20.3. The molecule has 1 spiro atoms. The quantitative estimate of drug-likeness (QED) is 0.837. The van der Waals surface area contributed by atoms with Gasteiger partial charge in [0.25, 0.3) is 5.91 Å². The monoisotopic (exact) mass is 396 g/mol. The van der Waals surface area contributed by atoms with E-state index in [1.54, 1.807) is 6.07 Å². The number of amides is 1. The van der Waals surface area contributed by atoms with Gasteiger partial charge in [-0.05, 0) is 13.3 Å². The third-order valence-corrected chi connectivity index (χ3v) is 5.63. The van der Waals surface area contributed by atoms with Crippen LogP contribution in [0.15, 0.2) is 36.4 Å². The lowest BCUT2D eigenvalue weighted by Gasteiger charge is -2.38. The molecule has 1 aromatic carbocycles. The van der Waals surface area contributed by atoms with Gasteiger partial charge in [-0.1, -0.05) is 37.3 Å². The summed E-state index contributed by atoms with van der Waals surface area (Å²) in [5, 5.41) is 3.01. The summed E-state index contributed by atoms with van der Waals surface area (Å²) in [6, 6.07) is 11.6. The van der Waals surface area contributed by atoms with E-state index in [9.17, 15) is 4.79 Å². The largest absolute Gasteiger partial charge is 0.356 e. The average molecular weight is 396 g/mol. The van der Waals surface area contributed by atoms with Gasteiger partial charge in [0.05, 0.1) is 13.2 Å². The maximum Gasteiger partial charge on any atom is 0.270 e. The molecule has 1 amide bonds. The van der Waals surface area contributed by atoms with Crippen molar-refractivity contribution in [2.45, 2.75) is 44.9 Å². The maximum atomic E-state index is 12.8. The number of carbonyl (C=O) groups is 1. The minimum Gasteiger partial charge on any atom is -0.356 e. The van der Waals surface area contributed by atoms with Crippen molar-refractivity contribution >= 4 is 11.7 Å². The summed E-state index contributed by atoms with van der Waals surface area (Å²) >= 11 is 0. The number of piperidine rings is 1. The molecule has 29 heavy (non-hydrogen) atoms. The Morgan fingerprint density at radius 3 is 2.52 bits per heavy atom. The molecule has 1 unspecified atom stereocenters. The SMILES string of the molecule is CCC(C)NC(=O)c1cc(N2CCC3(CC2)OCCO3)nc(-c2ccccc2)n1. The van der Waals surface area contributed by atoms with Gasteiger partial charge in [-0.2, -0.15) is 0 Å². The molecule has 4 rings (SSSR count). The fourth-order valence-corrected chi connectivity index (χ4v) is 3.69. The van der Waals surface area contributed by atoms with Crippen LogP contribution in [0.3, 0.4) is 0 Å². The van der Waals surface area contributed by atoms with Crippen LogP contribution in [0, 0.1) is 0 Å². The number of nitrogens with one attached hydrogen (secondary N) is 1. The van der Waals surface area contributed by atoms with Gasteiger partial charge in [-0.25, -0.2) is 9.97 Å². The summed E-state index contributed by atoms with van der Waals surface area (Å²) < 4.78 is 11.7. The van der Waals surface area contributed by atoms with Crippen LogP contribution in [0.25, 0.3) is 11.4 Å². The predicted molar refractivity (Wildman–Crippen MR) is 111 cm³/mol. The summed E-state index contributed by atoms with van der Waals surface area (Å²) in [5.74, 6) is 0.714. The van der Waals surface area contributed by atoms with Crippen molar-refractivity contribution in [2.75, 3.05) is 31.2 Å². The first kappa shape index (κ1) is 19.8. The van der Waals surface area contributed by atoms with Gasteiger partial charge in [-0.15, -0.1) is 0 Å². The number of carbonyl (C=O) groups excluding carboxylic acids is 1. The molecule has 2 aliphatic rings. The molecule has 0 aliphatic carbocycles. The van der Waals surface area contributed by atoms with Gasteiger partial charge in [0.1, 0.15) is 11.5 Å². The minimum atomic E-state index is -0.442. The lowest BCUT2D eigenvalue weighted by Crippen LogP contribution is -2.45. The first-order chi connectivity index (χ1) is 14.1. The van der Waals surface area contributed by atoms with Gasteiger partial charge < -0.3 is 19.7 Å². The fourth-order valence-electron chi connectivity index (χ4n) is 3.69. The van der Waals surface area contributed by atoms with Gasteiger partial charge in [0.15, 0.2) is 11.6 Å². The van der Waals surface area contributed by atoms with Crippen LogP contribution in [0.5, 0.6) is 0 Å². The predicted octanol–water partition coefficient (Wildman–Crippen LogP) is 3.02. The lowest BCUT2D eigenvalue weighted by atomic mass is 10.0. The van der Waals surface area contributed by atoms with Crippen LogP contribution in [0.4, 0.5) is 5.82 Å². The molecular weight excluding hydrogens is 368 g/mol. The second kappa shape index (κ2) is 8.47. The molecule has 2 aromatic rings. The van der Waals surface area contributed by atoms with Crippen LogP contribution >= 0.6 is 0 Å². The van der Waals surface area contributed by atoms with Crippen molar-refractivity contribution in [3.8, 4) is 11.4 Å². The van der Waals surface area contributed by atoms with Crippen LogP contribution in [0.1, 0.15) is 43.6 Å². The highest BCUT2D eigenvalue weighted by molar-refractivity contribution is 5.93. The number of ether oxygens (including phenoxy) is 2. The fraction of sp³-hybridized carbons (Fsp3) is 0.500. The number of nitrogens with zero attached hydrogens (tertiary/aromatic N) is 3. The van der Waals surface area contributed by atoms with E-state index in [2.05, 4.69) is 15.2 Å². The molecule has 7 heteroatoms. The highest BCUT2D eigenvalue weighted by Crippen LogP contribution is 2.33. The number of hydrogen-bond donors (Lipinski definition) is 1. The Hall–Kier alpha value is -2.51. The van der Waals surface area contributed by atoms with Crippen molar-refractivity contribution in [1.82, 2.24) is 15.3 Å². The number of benzene rings is 1. The van der Waals surface area contributed by atoms with Gasteiger partial charge in [0.2, 0.25) is 0 Å². The second-order valence-corrected chi connectivity index (χ2v) is 7.68. The molecule has 2 saturated heterocycles. The third-order valence-electron chi connectivity index (χ3n) is 5.63. The number of anilines is 1. The molecular formula is C22H28N4O3. The standard InChI is InChI=1S/C22H28N4O3/c1-3-16(2)23-21(27)18-15-19(25-20(24-18)17-7-5-4-6-8-17)26-11-9-22(10-12-26)28-13-14-29-22/h4-8,15-16H,3,9-14H2,1-2H3,(H,23,27). The van der Waals surface area contributed by atoms with Crippen LogP contribution in [-0.2, 0) is 9.47 Å². The van der Waals surface area contributed by atoms with Crippen molar-refractivity contribution in [3.05, 3.63) is 42.1 Å². The van der Waals surface area contributed by atoms with Crippen LogP contribution in [0.2, 0.25) is 0 Å². The van der Waals surface area contributed by atoms with E-state index in [4.69, 9.17) is 14.5 Å².